The third-order valence-corrected chi connectivity index (χ3v) is 4.27. The summed E-state index contributed by atoms with van der Waals surface area (Å²) in [5.74, 6) is 0.952. The number of thiazole rings is 1. The molecule has 1 aromatic carbocycles. The fourth-order valence-electron chi connectivity index (χ4n) is 1.89. The van der Waals surface area contributed by atoms with Gasteiger partial charge in [0.05, 0.1) is 0 Å². The Balaban J connectivity index is 1.86. The molecule has 1 aliphatic rings. The summed E-state index contributed by atoms with van der Waals surface area (Å²) < 4.78 is 11.9. The highest BCUT2D eigenvalue weighted by Crippen LogP contribution is 2.34. The first-order valence-corrected chi connectivity index (χ1v) is 6.75. The van der Waals surface area contributed by atoms with Gasteiger partial charge in [-0.3, -0.25) is 9.59 Å². The van der Waals surface area contributed by atoms with Crippen molar-refractivity contribution in [1.29, 1.82) is 0 Å². The van der Waals surface area contributed by atoms with Gasteiger partial charge in [-0.25, -0.2) is 0 Å². The van der Waals surface area contributed by atoms with E-state index in [0.717, 1.165) is 11.3 Å². The molecule has 1 amide bonds. The largest absolute Gasteiger partial charge is 0.454 e. The zero-order chi connectivity index (χ0) is 14.3. The number of fused-ring (bicyclic) bond motifs is 1. The van der Waals surface area contributed by atoms with Crippen molar-refractivity contribution in [2.45, 2.75) is 6.92 Å². The van der Waals surface area contributed by atoms with Crippen molar-refractivity contribution in [3.05, 3.63) is 38.4 Å². The molecule has 0 bridgehead atoms. The number of carbonyl (C=O) groups excluding carboxylic acids is 1. The second kappa shape index (κ2) is 4.68. The van der Waals surface area contributed by atoms with Gasteiger partial charge in [-0.05, 0) is 19.1 Å². The fraction of sp³-hybridized carbons (Fsp3) is 0.231. The van der Waals surface area contributed by atoms with Gasteiger partial charge >= 0.3 is 4.87 Å². The van der Waals surface area contributed by atoms with Crippen molar-refractivity contribution in [2.24, 2.45) is 7.05 Å². The second-order valence-corrected chi connectivity index (χ2v) is 5.33. The normalized spacial score (nSPS) is 12.5. The van der Waals surface area contributed by atoms with E-state index in [1.807, 2.05) is 0 Å². The molecule has 3 rings (SSSR count). The van der Waals surface area contributed by atoms with Crippen molar-refractivity contribution < 1.29 is 14.3 Å². The van der Waals surface area contributed by atoms with Crippen molar-refractivity contribution in [3.63, 3.8) is 0 Å². The second-order valence-electron chi connectivity index (χ2n) is 4.36. The van der Waals surface area contributed by atoms with Crippen molar-refractivity contribution in [2.75, 3.05) is 12.1 Å². The Hall–Kier alpha value is -2.28. The minimum Gasteiger partial charge on any atom is -0.454 e. The van der Waals surface area contributed by atoms with E-state index in [4.69, 9.17) is 9.47 Å². The van der Waals surface area contributed by atoms with Crippen molar-refractivity contribution in [1.82, 2.24) is 4.57 Å². The van der Waals surface area contributed by atoms with Crippen LogP contribution in [0.2, 0.25) is 0 Å². The molecule has 2 heterocycles. The molecule has 2 aromatic rings. The van der Waals surface area contributed by atoms with E-state index in [2.05, 4.69) is 5.32 Å². The van der Waals surface area contributed by atoms with Crippen molar-refractivity contribution in [3.8, 4) is 11.5 Å². The number of rotatable bonds is 2. The monoisotopic (exact) mass is 292 g/mol. The molecule has 1 N–H and O–H groups in total. The summed E-state index contributed by atoms with van der Waals surface area (Å²) in [5, 5.41) is 2.75. The molecule has 1 aromatic heterocycles. The standard InChI is InChI=1S/C13H12N2O4S/c1-7-11(20-13(17)15(7)2)12(16)14-8-3-4-9-10(5-8)19-6-18-9/h3-5H,6H2,1-2H3,(H,14,16). The number of benzene rings is 1. The topological polar surface area (TPSA) is 69.6 Å². The number of carbonyl (C=O) groups is 1. The number of aromatic nitrogens is 1. The van der Waals surface area contributed by atoms with E-state index in [0.29, 0.717) is 27.8 Å². The summed E-state index contributed by atoms with van der Waals surface area (Å²) >= 11 is 0.933. The summed E-state index contributed by atoms with van der Waals surface area (Å²) in [6.45, 7) is 1.93. The van der Waals surface area contributed by atoms with E-state index in [1.54, 1.807) is 32.2 Å². The lowest BCUT2D eigenvalue weighted by atomic mass is 10.2. The Morgan fingerprint density at radius 3 is 2.80 bits per heavy atom. The van der Waals surface area contributed by atoms with E-state index in [9.17, 15) is 9.59 Å². The Morgan fingerprint density at radius 2 is 2.10 bits per heavy atom. The minimum atomic E-state index is -0.302. The summed E-state index contributed by atoms with van der Waals surface area (Å²) in [6, 6.07) is 5.16. The van der Waals surface area contributed by atoms with Crippen LogP contribution in [0.15, 0.2) is 23.0 Å². The third-order valence-electron chi connectivity index (χ3n) is 3.13. The summed E-state index contributed by atoms with van der Waals surface area (Å²) in [6.07, 6.45) is 0. The molecule has 0 saturated heterocycles. The molecule has 7 heteroatoms. The van der Waals surface area contributed by atoms with Gasteiger partial charge in [0.1, 0.15) is 4.88 Å². The first-order chi connectivity index (χ1) is 9.56. The molecule has 0 aliphatic carbocycles. The van der Waals surface area contributed by atoms with Gasteiger partial charge < -0.3 is 19.4 Å². The molecule has 20 heavy (non-hydrogen) atoms. The number of amides is 1. The van der Waals surface area contributed by atoms with Crippen LogP contribution in [0.25, 0.3) is 0 Å². The van der Waals surface area contributed by atoms with Crippen LogP contribution in [0.4, 0.5) is 5.69 Å². The molecule has 0 spiro atoms. The quantitative estimate of drug-likeness (QED) is 0.915. The molecule has 0 saturated carbocycles. The van der Waals surface area contributed by atoms with Crippen LogP contribution in [-0.2, 0) is 7.05 Å². The minimum absolute atomic E-state index is 0.154. The van der Waals surface area contributed by atoms with Crippen LogP contribution in [-0.4, -0.2) is 17.3 Å². The molecule has 0 atom stereocenters. The number of anilines is 1. The number of nitrogens with one attached hydrogen (secondary N) is 1. The first kappa shape index (κ1) is 12.7. The highest BCUT2D eigenvalue weighted by molar-refractivity contribution is 7.11. The lowest BCUT2D eigenvalue weighted by molar-refractivity contribution is 0.102. The number of hydrogen-bond donors (Lipinski definition) is 1. The Labute approximate surface area is 118 Å². The van der Waals surface area contributed by atoms with Gasteiger partial charge in [-0.2, -0.15) is 0 Å². The van der Waals surface area contributed by atoms with Crippen LogP contribution in [0.3, 0.4) is 0 Å². The van der Waals surface area contributed by atoms with Crippen LogP contribution in [0, 0.1) is 6.92 Å². The summed E-state index contributed by atoms with van der Waals surface area (Å²) in [4.78, 5) is 24.0. The maximum atomic E-state index is 12.2. The molecule has 0 unspecified atom stereocenters. The van der Waals surface area contributed by atoms with E-state index in [1.165, 1.54) is 4.57 Å². The van der Waals surface area contributed by atoms with Gasteiger partial charge in [-0.15, -0.1) is 0 Å². The summed E-state index contributed by atoms with van der Waals surface area (Å²) in [5.41, 5.74) is 1.25. The molecular weight excluding hydrogens is 280 g/mol. The van der Waals surface area contributed by atoms with Crippen molar-refractivity contribution >= 4 is 22.9 Å². The van der Waals surface area contributed by atoms with Crippen LogP contribution in [0.1, 0.15) is 15.4 Å². The fourth-order valence-corrected chi connectivity index (χ4v) is 2.77. The third kappa shape index (κ3) is 2.05. The van der Waals surface area contributed by atoms with Gasteiger partial charge in [-0.1, -0.05) is 11.3 Å². The molecule has 6 nitrogen and oxygen atoms in total. The lowest BCUT2D eigenvalue weighted by Gasteiger charge is -2.05. The number of nitrogens with zero attached hydrogens (tertiary/aromatic N) is 1. The van der Waals surface area contributed by atoms with E-state index >= 15 is 0 Å². The predicted octanol–water partition coefficient (Wildman–Crippen LogP) is 1.74. The van der Waals surface area contributed by atoms with Gasteiger partial charge in [0, 0.05) is 24.5 Å². The molecule has 104 valence electrons. The Kier molecular flexibility index (Phi) is 2.98. The number of ether oxygens (including phenoxy) is 2. The lowest BCUT2D eigenvalue weighted by Crippen LogP contribution is -2.12. The van der Waals surface area contributed by atoms with Crippen LogP contribution in [0.5, 0.6) is 11.5 Å². The highest BCUT2D eigenvalue weighted by atomic mass is 32.1. The zero-order valence-corrected chi connectivity index (χ0v) is 11.7. The average Bonchev–Trinajstić information content (AvgIpc) is 2.98. The molecule has 1 aliphatic heterocycles. The zero-order valence-electron chi connectivity index (χ0n) is 10.9. The Bertz CT molecular complexity index is 747. The molecular formula is C13H12N2O4S. The number of hydrogen-bond acceptors (Lipinski definition) is 5. The molecule has 0 radical (unpaired) electrons. The van der Waals surface area contributed by atoms with E-state index in [-0.39, 0.29) is 17.6 Å². The average molecular weight is 292 g/mol. The van der Waals surface area contributed by atoms with E-state index < -0.39 is 0 Å². The Morgan fingerprint density at radius 1 is 1.35 bits per heavy atom. The van der Waals surface area contributed by atoms with Gasteiger partial charge in [0.2, 0.25) is 6.79 Å². The van der Waals surface area contributed by atoms with Crippen LogP contribution < -0.4 is 19.7 Å². The highest BCUT2D eigenvalue weighted by Gasteiger charge is 2.18. The maximum absolute atomic E-state index is 12.2. The smallest absolute Gasteiger partial charge is 0.307 e. The summed E-state index contributed by atoms with van der Waals surface area (Å²) in [7, 11) is 1.64. The first-order valence-electron chi connectivity index (χ1n) is 5.93. The van der Waals surface area contributed by atoms with Gasteiger partial charge in [0.25, 0.3) is 5.91 Å². The van der Waals surface area contributed by atoms with Crippen LogP contribution >= 0.6 is 11.3 Å². The predicted molar refractivity (Wildman–Crippen MR) is 74.8 cm³/mol. The van der Waals surface area contributed by atoms with Gasteiger partial charge in [0.15, 0.2) is 11.5 Å². The SMILES string of the molecule is Cc1c(C(=O)Nc2ccc3c(c2)OCO3)sc(=O)n1C. The maximum Gasteiger partial charge on any atom is 0.307 e. The molecule has 0 fully saturated rings.